The molecule has 1 aliphatic rings. The summed E-state index contributed by atoms with van der Waals surface area (Å²) in [5.41, 5.74) is 2.40. The zero-order chi connectivity index (χ0) is 27.2. The Morgan fingerprint density at radius 1 is 1.05 bits per heavy atom. The van der Waals surface area contributed by atoms with E-state index in [1.54, 1.807) is 55.6 Å². The third-order valence-electron chi connectivity index (χ3n) is 5.69. The standard InChI is InChI=1S/C28H23N5O5S/c1-29-25-24(18-6-4-8-21(14-18)36-2)32-28(33-26(25)34)39-16-17-5-3-7-19(13-17)30-27(35)31-20-9-10-22-23(15-20)38-12-11-37-22/h3-10,13-15H,11-12,16H2,2H3,(H2,30,31,35)(H,32,33,34). The van der Waals surface area contributed by atoms with Crippen molar-refractivity contribution in [3.63, 3.8) is 0 Å². The van der Waals surface area contributed by atoms with E-state index in [9.17, 15) is 9.59 Å². The van der Waals surface area contributed by atoms with Gasteiger partial charge in [-0.25, -0.2) is 14.6 Å². The van der Waals surface area contributed by atoms with E-state index in [4.69, 9.17) is 20.8 Å². The highest BCUT2D eigenvalue weighted by Crippen LogP contribution is 2.33. The lowest BCUT2D eigenvalue weighted by molar-refractivity contribution is 0.171. The van der Waals surface area contributed by atoms with Crippen LogP contribution in [0.2, 0.25) is 0 Å². The van der Waals surface area contributed by atoms with Crippen LogP contribution in [0.1, 0.15) is 5.56 Å². The Bertz CT molecular complexity index is 1630. The summed E-state index contributed by atoms with van der Waals surface area (Å²) in [5.74, 6) is 2.30. The summed E-state index contributed by atoms with van der Waals surface area (Å²) in [4.78, 5) is 35.8. The Morgan fingerprint density at radius 3 is 2.62 bits per heavy atom. The van der Waals surface area contributed by atoms with Gasteiger partial charge in [0.15, 0.2) is 16.7 Å². The van der Waals surface area contributed by atoms with Gasteiger partial charge in [-0.1, -0.05) is 36.0 Å². The second-order valence-electron chi connectivity index (χ2n) is 8.34. The van der Waals surface area contributed by atoms with Crippen LogP contribution >= 0.6 is 11.8 Å². The summed E-state index contributed by atoms with van der Waals surface area (Å²) in [6.07, 6.45) is 0. The molecule has 0 bridgehead atoms. The average molecular weight is 542 g/mol. The molecule has 0 radical (unpaired) electrons. The molecule has 3 N–H and O–H groups in total. The van der Waals surface area contributed by atoms with Crippen molar-refractivity contribution in [1.82, 2.24) is 9.97 Å². The molecule has 10 nitrogen and oxygen atoms in total. The molecule has 1 aliphatic heterocycles. The van der Waals surface area contributed by atoms with Crippen LogP contribution in [0, 0.1) is 6.57 Å². The number of amides is 2. The fourth-order valence-electron chi connectivity index (χ4n) is 3.90. The quantitative estimate of drug-likeness (QED) is 0.156. The molecule has 0 saturated heterocycles. The first-order valence-electron chi connectivity index (χ1n) is 11.9. The highest BCUT2D eigenvalue weighted by molar-refractivity contribution is 7.98. The molecule has 3 aromatic carbocycles. The van der Waals surface area contributed by atoms with Gasteiger partial charge in [-0.3, -0.25) is 4.79 Å². The Labute approximate surface area is 228 Å². The molecule has 0 aliphatic carbocycles. The van der Waals surface area contributed by atoms with E-state index in [2.05, 4.69) is 25.4 Å². The number of fused-ring (bicyclic) bond motifs is 1. The number of thioether (sulfide) groups is 1. The summed E-state index contributed by atoms with van der Waals surface area (Å²) in [6.45, 7) is 8.41. The number of H-pyrrole nitrogens is 1. The highest BCUT2D eigenvalue weighted by Gasteiger charge is 2.16. The minimum Gasteiger partial charge on any atom is -0.497 e. The fourth-order valence-corrected chi connectivity index (χ4v) is 4.70. The molecule has 0 fully saturated rings. The number of urea groups is 1. The fraction of sp³-hybridized carbons (Fsp3) is 0.143. The second-order valence-corrected chi connectivity index (χ2v) is 9.30. The maximum absolute atomic E-state index is 12.6. The van der Waals surface area contributed by atoms with Crippen LogP contribution < -0.4 is 30.4 Å². The van der Waals surface area contributed by atoms with Crippen molar-refractivity contribution in [1.29, 1.82) is 0 Å². The van der Waals surface area contributed by atoms with Gasteiger partial charge in [-0.05, 0) is 47.5 Å². The lowest BCUT2D eigenvalue weighted by atomic mass is 10.1. The van der Waals surface area contributed by atoms with Crippen LogP contribution in [-0.4, -0.2) is 36.3 Å². The molecule has 0 saturated carbocycles. The van der Waals surface area contributed by atoms with E-state index in [1.165, 1.54) is 11.8 Å². The van der Waals surface area contributed by atoms with E-state index < -0.39 is 11.6 Å². The molecular weight excluding hydrogens is 518 g/mol. The number of methoxy groups -OCH3 is 1. The molecule has 0 atom stereocenters. The van der Waals surface area contributed by atoms with Gasteiger partial charge in [-0.15, -0.1) is 0 Å². The van der Waals surface area contributed by atoms with Gasteiger partial charge in [0.1, 0.15) is 19.0 Å². The van der Waals surface area contributed by atoms with Crippen LogP contribution in [0.5, 0.6) is 17.2 Å². The van der Waals surface area contributed by atoms with Crippen molar-refractivity contribution in [2.24, 2.45) is 0 Å². The Kier molecular flexibility index (Phi) is 7.65. The van der Waals surface area contributed by atoms with Crippen LogP contribution in [-0.2, 0) is 5.75 Å². The molecule has 11 heteroatoms. The third-order valence-corrected chi connectivity index (χ3v) is 6.63. The SMILES string of the molecule is [C-]#[N+]c1c(-c2cccc(OC)c2)nc(SCc2cccc(NC(=O)Nc3ccc4c(c3)OCCO4)c2)[nH]c1=O. The summed E-state index contributed by atoms with van der Waals surface area (Å²) >= 11 is 1.31. The number of anilines is 2. The average Bonchev–Trinajstić information content (AvgIpc) is 2.96. The largest absolute Gasteiger partial charge is 0.497 e. The van der Waals surface area contributed by atoms with Crippen molar-refractivity contribution in [2.45, 2.75) is 10.9 Å². The molecular formula is C28H23N5O5S. The topological polar surface area (TPSA) is 119 Å². The van der Waals surface area contributed by atoms with Crippen LogP contribution in [0.25, 0.3) is 16.1 Å². The second kappa shape index (κ2) is 11.6. The van der Waals surface area contributed by atoms with Crippen LogP contribution in [0.15, 0.2) is 76.7 Å². The predicted molar refractivity (Wildman–Crippen MR) is 149 cm³/mol. The van der Waals surface area contributed by atoms with E-state index in [-0.39, 0.29) is 5.69 Å². The number of aromatic nitrogens is 2. The number of hydrogen-bond acceptors (Lipinski definition) is 7. The maximum Gasteiger partial charge on any atom is 0.323 e. The zero-order valence-corrected chi connectivity index (χ0v) is 21.6. The molecule has 4 aromatic rings. The van der Waals surface area contributed by atoms with Gasteiger partial charge < -0.3 is 29.8 Å². The highest BCUT2D eigenvalue weighted by atomic mass is 32.2. The van der Waals surface area contributed by atoms with Crippen LogP contribution in [0.3, 0.4) is 0 Å². The van der Waals surface area contributed by atoms with Gasteiger partial charge in [-0.2, -0.15) is 0 Å². The first-order valence-corrected chi connectivity index (χ1v) is 12.9. The van der Waals surface area contributed by atoms with Crippen molar-refractivity contribution in [3.8, 4) is 28.5 Å². The molecule has 39 heavy (non-hydrogen) atoms. The first-order chi connectivity index (χ1) is 19.0. The number of hydrogen-bond donors (Lipinski definition) is 3. The number of ether oxygens (including phenoxy) is 3. The van der Waals surface area contributed by atoms with Gasteiger partial charge >= 0.3 is 6.03 Å². The number of carbonyl (C=O) groups excluding carboxylic acids is 1. The molecule has 2 heterocycles. The number of nitrogens with one attached hydrogen (secondary N) is 3. The van der Waals surface area contributed by atoms with E-state index in [0.29, 0.717) is 64.0 Å². The lowest BCUT2D eigenvalue weighted by Gasteiger charge is -2.19. The van der Waals surface area contributed by atoms with Crippen molar-refractivity contribution < 1.29 is 19.0 Å². The monoisotopic (exact) mass is 541 g/mol. The molecule has 196 valence electrons. The van der Waals surface area contributed by atoms with Gasteiger partial charge in [0.05, 0.1) is 19.4 Å². The first kappa shape index (κ1) is 25.7. The number of benzene rings is 3. The molecule has 2 amide bonds. The Morgan fingerprint density at radius 2 is 1.82 bits per heavy atom. The van der Waals surface area contributed by atoms with E-state index in [0.717, 1.165) is 5.56 Å². The van der Waals surface area contributed by atoms with Gasteiger partial charge in [0, 0.05) is 23.2 Å². The van der Waals surface area contributed by atoms with E-state index >= 15 is 0 Å². The van der Waals surface area contributed by atoms with E-state index in [1.807, 2.05) is 18.2 Å². The van der Waals surface area contributed by atoms with Crippen molar-refractivity contribution in [3.05, 3.63) is 94.1 Å². The lowest BCUT2D eigenvalue weighted by Crippen LogP contribution is -2.20. The minimum absolute atomic E-state index is 0.0807. The number of nitrogens with zero attached hydrogens (tertiary/aromatic N) is 2. The summed E-state index contributed by atoms with van der Waals surface area (Å²) in [7, 11) is 1.55. The van der Waals surface area contributed by atoms with Crippen molar-refractivity contribution in [2.75, 3.05) is 31.0 Å². The summed E-state index contributed by atoms with van der Waals surface area (Å²) < 4.78 is 16.3. The minimum atomic E-state index is -0.508. The number of aromatic amines is 1. The molecule has 0 spiro atoms. The normalized spacial score (nSPS) is 11.8. The predicted octanol–water partition coefficient (Wildman–Crippen LogP) is 5.70. The van der Waals surface area contributed by atoms with Gasteiger partial charge in [0.2, 0.25) is 0 Å². The molecule has 5 rings (SSSR count). The van der Waals surface area contributed by atoms with Crippen LogP contribution in [0.4, 0.5) is 21.9 Å². The van der Waals surface area contributed by atoms with Crippen molar-refractivity contribution >= 4 is 34.9 Å². The van der Waals surface area contributed by atoms with Gasteiger partial charge in [0.25, 0.3) is 11.2 Å². The third kappa shape index (κ3) is 6.14. The molecule has 0 unspecified atom stereocenters. The summed E-state index contributed by atoms with van der Waals surface area (Å²) in [5, 5.41) is 5.99. The summed E-state index contributed by atoms with van der Waals surface area (Å²) in [6, 6.07) is 19.2. The Hall–Kier alpha value is -4.95. The number of carbonyl (C=O) groups is 1. The molecule has 1 aromatic heterocycles. The smallest absolute Gasteiger partial charge is 0.323 e. The maximum atomic E-state index is 12.6. The zero-order valence-electron chi connectivity index (χ0n) is 20.8. The Balaban J connectivity index is 1.26. The number of rotatable bonds is 7.